The molecule has 4 nitrogen and oxygen atoms in total. The maximum absolute atomic E-state index is 5.60. The number of nitrogens with zero attached hydrogens (tertiary/aromatic N) is 2. The molecule has 19 heavy (non-hydrogen) atoms. The number of hydrogen-bond acceptors (Lipinski definition) is 4. The number of anilines is 1. The Bertz CT molecular complexity index is 400. The average molecular weight is 263 g/mol. The highest BCUT2D eigenvalue weighted by molar-refractivity contribution is 5.53. The molecule has 0 atom stereocenters. The second-order valence-electron chi connectivity index (χ2n) is 5.00. The zero-order valence-electron chi connectivity index (χ0n) is 12.1. The molecule has 2 N–H and O–H groups in total. The minimum absolute atomic E-state index is 0.720. The third-order valence-electron chi connectivity index (χ3n) is 3.64. The maximum Gasteiger partial charge on any atom is 0.122 e. The molecule has 1 fully saturated rings. The van der Waals surface area contributed by atoms with E-state index in [-0.39, 0.29) is 0 Å². The fourth-order valence-corrected chi connectivity index (χ4v) is 2.56. The molecule has 1 aromatic rings. The standard InChI is InChI=1S/C15H25N3O/c1-3-19-15-5-4-14(12-13(15)2)18-10-8-17(7-6-16)9-11-18/h4-5,12H,3,6-11,16H2,1-2H3. The first kappa shape index (κ1) is 14.2. The smallest absolute Gasteiger partial charge is 0.122 e. The van der Waals surface area contributed by atoms with Crippen LogP contribution in [0.25, 0.3) is 0 Å². The van der Waals surface area contributed by atoms with E-state index in [4.69, 9.17) is 10.5 Å². The Balaban J connectivity index is 1.97. The second-order valence-corrected chi connectivity index (χ2v) is 5.00. The molecule has 1 aliphatic heterocycles. The Hall–Kier alpha value is -1.26. The highest BCUT2D eigenvalue weighted by Gasteiger charge is 2.16. The molecule has 1 saturated heterocycles. The largest absolute Gasteiger partial charge is 0.494 e. The normalized spacial score (nSPS) is 16.7. The predicted octanol–water partition coefficient (Wildman–Crippen LogP) is 1.47. The topological polar surface area (TPSA) is 41.7 Å². The third kappa shape index (κ3) is 3.61. The predicted molar refractivity (Wildman–Crippen MR) is 80.1 cm³/mol. The fourth-order valence-electron chi connectivity index (χ4n) is 2.56. The summed E-state index contributed by atoms with van der Waals surface area (Å²) in [5, 5.41) is 0. The molecule has 0 spiro atoms. The number of benzene rings is 1. The molecular formula is C15H25N3O. The van der Waals surface area contributed by atoms with Crippen LogP contribution in [0.4, 0.5) is 5.69 Å². The SMILES string of the molecule is CCOc1ccc(N2CCN(CCN)CC2)cc1C. The van der Waals surface area contributed by atoms with Gasteiger partial charge in [0.2, 0.25) is 0 Å². The molecule has 0 unspecified atom stereocenters. The van der Waals surface area contributed by atoms with Gasteiger partial charge in [0, 0.05) is 45.0 Å². The van der Waals surface area contributed by atoms with Gasteiger partial charge in [-0.2, -0.15) is 0 Å². The van der Waals surface area contributed by atoms with Gasteiger partial charge in [-0.25, -0.2) is 0 Å². The Kier molecular flexibility index (Phi) is 5.05. The van der Waals surface area contributed by atoms with Crippen molar-refractivity contribution in [1.29, 1.82) is 0 Å². The summed E-state index contributed by atoms with van der Waals surface area (Å²) in [6, 6.07) is 6.47. The van der Waals surface area contributed by atoms with Gasteiger partial charge in [0.1, 0.15) is 5.75 Å². The third-order valence-corrected chi connectivity index (χ3v) is 3.64. The molecule has 0 aromatic heterocycles. The average Bonchev–Trinajstić information content (AvgIpc) is 2.43. The van der Waals surface area contributed by atoms with Crippen LogP contribution in [0.2, 0.25) is 0 Å². The van der Waals surface area contributed by atoms with Crippen LogP contribution in [0.3, 0.4) is 0 Å². The van der Waals surface area contributed by atoms with Crippen LogP contribution in [-0.2, 0) is 0 Å². The molecule has 0 aliphatic carbocycles. The lowest BCUT2D eigenvalue weighted by atomic mass is 10.1. The number of aryl methyl sites for hydroxylation is 1. The van der Waals surface area contributed by atoms with Crippen LogP contribution in [-0.4, -0.2) is 50.8 Å². The first-order chi connectivity index (χ1) is 9.24. The molecular weight excluding hydrogens is 238 g/mol. The van der Waals surface area contributed by atoms with E-state index in [0.29, 0.717) is 0 Å². The van der Waals surface area contributed by atoms with Gasteiger partial charge in [-0.05, 0) is 37.6 Å². The fraction of sp³-hybridized carbons (Fsp3) is 0.600. The highest BCUT2D eigenvalue weighted by atomic mass is 16.5. The van der Waals surface area contributed by atoms with Crippen LogP contribution in [0.1, 0.15) is 12.5 Å². The van der Waals surface area contributed by atoms with E-state index in [0.717, 1.165) is 51.6 Å². The van der Waals surface area contributed by atoms with Crippen molar-refractivity contribution >= 4 is 5.69 Å². The molecule has 2 rings (SSSR count). The molecule has 0 amide bonds. The summed E-state index contributed by atoms with van der Waals surface area (Å²) in [4.78, 5) is 4.87. The number of rotatable bonds is 5. The Morgan fingerprint density at radius 2 is 1.95 bits per heavy atom. The van der Waals surface area contributed by atoms with Crippen molar-refractivity contribution in [2.45, 2.75) is 13.8 Å². The zero-order chi connectivity index (χ0) is 13.7. The van der Waals surface area contributed by atoms with Gasteiger partial charge in [0.05, 0.1) is 6.61 Å². The molecule has 4 heteroatoms. The number of hydrogen-bond donors (Lipinski definition) is 1. The van der Waals surface area contributed by atoms with Crippen LogP contribution >= 0.6 is 0 Å². The van der Waals surface area contributed by atoms with E-state index in [1.54, 1.807) is 0 Å². The first-order valence-corrected chi connectivity index (χ1v) is 7.15. The van der Waals surface area contributed by atoms with Crippen LogP contribution < -0.4 is 15.4 Å². The van der Waals surface area contributed by atoms with Crippen molar-refractivity contribution in [3.05, 3.63) is 23.8 Å². The number of piperazine rings is 1. The van der Waals surface area contributed by atoms with Crippen molar-refractivity contribution in [3.63, 3.8) is 0 Å². The minimum atomic E-state index is 0.720. The summed E-state index contributed by atoms with van der Waals surface area (Å²) in [6.45, 7) is 11.0. The van der Waals surface area contributed by atoms with Gasteiger partial charge in [-0.1, -0.05) is 0 Å². The van der Waals surface area contributed by atoms with E-state index in [1.165, 1.54) is 11.3 Å². The van der Waals surface area contributed by atoms with Crippen LogP contribution in [0, 0.1) is 6.92 Å². The Labute approximate surface area is 116 Å². The van der Waals surface area contributed by atoms with Gasteiger partial charge in [0.25, 0.3) is 0 Å². The summed E-state index contributed by atoms with van der Waals surface area (Å²) in [5.74, 6) is 0.994. The van der Waals surface area contributed by atoms with Crippen LogP contribution in [0.15, 0.2) is 18.2 Å². The van der Waals surface area contributed by atoms with Gasteiger partial charge in [0.15, 0.2) is 0 Å². The van der Waals surface area contributed by atoms with E-state index < -0.39 is 0 Å². The number of ether oxygens (including phenoxy) is 1. The van der Waals surface area contributed by atoms with Gasteiger partial charge in [-0.15, -0.1) is 0 Å². The Morgan fingerprint density at radius 3 is 2.53 bits per heavy atom. The van der Waals surface area contributed by atoms with Crippen molar-refractivity contribution in [1.82, 2.24) is 4.90 Å². The van der Waals surface area contributed by atoms with Crippen molar-refractivity contribution in [3.8, 4) is 5.75 Å². The molecule has 1 aromatic carbocycles. The minimum Gasteiger partial charge on any atom is -0.494 e. The second kappa shape index (κ2) is 6.78. The summed E-state index contributed by atoms with van der Waals surface area (Å²) in [6.07, 6.45) is 0. The summed E-state index contributed by atoms with van der Waals surface area (Å²) >= 11 is 0. The monoisotopic (exact) mass is 263 g/mol. The van der Waals surface area contributed by atoms with Crippen molar-refractivity contribution in [2.75, 3.05) is 50.8 Å². The summed E-state index contributed by atoms with van der Waals surface area (Å²) in [5.41, 5.74) is 8.11. The van der Waals surface area contributed by atoms with Crippen molar-refractivity contribution in [2.24, 2.45) is 5.73 Å². The molecule has 0 radical (unpaired) electrons. The molecule has 0 bridgehead atoms. The maximum atomic E-state index is 5.60. The van der Waals surface area contributed by atoms with Crippen LogP contribution in [0.5, 0.6) is 5.75 Å². The highest BCUT2D eigenvalue weighted by Crippen LogP contribution is 2.25. The van der Waals surface area contributed by atoms with E-state index in [1.807, 2.05) is 6.92 Å². The Morgan fingerprint density at radius 1 is 1.21 bits per heavy atom. The van der Waals surface area contributed by atoms with E-state index in [2.05, 4.69) is 34.9 Å². The lowest BCUT2D eigenvalue weighted by molar-refractivity contribution is 0.265. The van der Waals surface area contributed by atoms with E-state index >= 15 is 0 Å². The van der Waals surface area contributed by atoms with Gasteiger partial charge in [-0.3, -0.25) is 4.90 Å². The van der Waals surface area contributed by atoms with E-state index in [9.17, 15) is 0 Å². The van der Waals surface area contributed by atoms with Crippen molar-refractivity contribution < 1.29 is 4.74 Å². The molecule has 1 aliphatic rings. The molecule has 106 valence electrons. The lowest BCUT2D eigenvalue weighted by Gasteiger charge is -2.36. The molecule has 1 heterocycles. The van der Waals surface area contributed by atoms with Gasteiger partial charge < -0.3 is 15.4 Å². The lowest BCUT2D eigenvalue weighted by Crippen LogP contribution is -2.47. The molecule has 0 saturated carbocycles. The quantitative estimate of drug-likeness (QED) is 0.873. The number of nitrogens with two attached hydrogens (primary N) is 1. The summed E-state index contributed by atoms with van der Waals surface area (Å²) < 4.78 is 5.59. The first-order valence-electron chi connectivity index (χ1n) is 7.15. The van der Waals surface area contributed by atoms with Gasteiger partial charge >= 0.3 is 0 Å². The zero-order valence-corrected chi connectivity index (χ0v) is 12.1. The summed E-state index contributed by atoms with van der Waals surface area (Å²) in [7, 11) is 0.